The van der Waals surface area contributed by atoms with Gasteiger partial charge >= 0.3 is 0 Å². The molecule has 0 aromatic heterocycles. The summed E-state index contributed by atoms with van der Waals surface area (Å²) in [6.45, 7) is 8.86. The van der Waals surface area contributed by atoms with E-state index in [0.717, 1.165) is 12.8 Å². The molecule has 0 saturated carbocycles. The van der Waals surface area contributed by atoms with E-state index in [4.69, 9.17) is 9.47 Å². The Hall–Kier alpha value is -3.02. The molecule has 2 aromatic carbocycles. The molecule has 0 aliphatic carbocycles. The fourth-order valence-electron chi connectivity index (χ4n) is 2.69. The van der Waals surface area contributed by atoms with Crippen molar-refractivity contribution in [1.29, 1.82) is 0 Å². The maximum absolute atomic E-state index is 12.4. The van der Waals surface area contributed by atoms with Crippen molar-refractivity contribution in [2.24, 2.45) is 5.92 Å². The number of nitrogens with one attached hydrogen (secondary N) is 2. The van der Waals surface area contributed by atoms with Gasteiger partial charge in [-0.3, -0.25) is 20.4 Å². The highest BCUT2D eigenvalue weighted by molar-refractivity contribution is 5.97. The van der Waals surface area contributed by atoms with Crippen molar-refractivity contribution in [3.63, 3.8) is 0 Å². The largest absolute Gasteiger partial charge is 0.493 e. The summed E-state index contributed by atoms with van der Waals surface area (Å²) >= 11 is 0. The molecule has 0 aliphatic heterocycles. The van der Waals surface area contributed by atoms with Crippen molar-refractivity contribution >= 4 is 11.8 Å². The van der Waals surface area contributed by atoms with Gasteiger partial charge in [-0.2, -0.15) is 0 Å². The summed E-state index contributed by atoms with van der Waals surface area (Å²) in [7, 11) is 0. The van der Waals surface area contributed by atoms with E-state index < -0.39 is 11.8 Å². The minimum atomic E-state index is -0.451. The molecule has 0 aliphatic rings. The molecule has 6 nitrogen and oxygen atoms in total. The highest BCUT2D eigenvalue weighted by atomic mass is 16.5. The molecule has 0 spiro atoms. The highest BCUT2D eigenvalue weighted by Crippen LogP contribution is 2.21. The van der Waals surface area contributed by atoms with Crippen LogP contribution in [0.5, 0.6) is 11.5 Å². The molecular weight excluding hydrogens is 380 g/mol. The molecule has 1 atom stereocenters. The fourth-order valence-corrected chi connectivity index (χ4v) is 2.69. The van der Waals surface area contributed by atoms with Gasteiger partial charge in [0.05, 0.1) is 12.2 Å². The average molecular weight is 413 g/mol. The Morgan fingerprint density at radius 2 is 1.63 bits per heavy atom. The first-order valence-corrected chi connectivity index (χ1v) is 10.4. The van der Waals surface area contributed by atoms with Gasteiger partial charge in [-0.1, -0.05) is 52.0 Å². The quantitative estimate of drug-likeness (QED) is 0.565. The van der Waals surface area contributed by atoms with Crippen molar-refractivity contribution in [3.05, 3.63) is 59.7 Å². The zero-order valence-corrected chi connectivity index (χ0v) is 18.2. The van der Waals surface area contributed by atoms with Gasteiger partial charge in [0, 0.05) is 0 Å². The van der Waals surface area contributed by atoms with Gasteiger partial charge < -0.3 is 9.47 Å². The smallest absolute Gasteiger partial charge is 0.276 e. The molecule has 162 valence electrons. The number of carbonyl (C=O) groups is 2. The Morgan fingerprint density at radius 1 is 0.933 bits per heavy atom. The Morgan fingerprint density at radius 3 is 2.30 bits per heavy atom. The third-order valence-corrected chi connectivity index (χ3v) is 4.83. The zero-order chi connectivity index (χ0) is 21.9. The predicted octanol–water partition coefficient (Wildman–Crippen LogP) is 4.47. The Bertz CT molecular complexity index is 818. The van der Waals surface area contributed by atoms with Crippen LogP contribution < -0.4 is 20.3 Å². The summed E-state index contributed by atoms with van der Waals surface area (Å²) in [6.07, 6.45) is 1.95. The molecular formula is C24H32N2O4. The van der Waals surface area contributed by atoms with E-state index in [0.29, 0.717) is 35.5 Å². The summed E-state index contributed by atoms with van der Waals surface area (Å²) in [4.78, 5) is 24.4. The number of hydrogen-bond acceptors (Lipinski definition) is 4. The third-order valence-electron chi connectivity index (χ3n) is 4.83. The van der Waals surface area contributed by atoms with Gasteiger partial charge in [-0.25, -0.2) is 0 Å². The lowest BCUT2D eigenvalue weighted by Gasteiger charge is -2.13. The molecule has 30 heavy (non-hydrogen) atoms. The topological polar surface area (TPSA) is 76.7 Å². The molecule has 6 heteroatoms. The van der Waals surface area contributed by atoms with Crippen LogP contribution in [0.15, 0.2) is 48.5 Å². The minimum absolute atomic E-state index is 0.199. The molecule has 2 aromatic rings. The van der Waals surface area contributed by atoms with Crippen molar-refractivity contribution in [1.82, 2.24) is 10.9 Å². The van der Waals surface area contributed by atoms with Crippen LogP contribution in [0.25, 0.3) is 0 Å². The summed E-state index contributed by atoms with van der Waals surface area (Å²) in [6, 6.07) is 14.6. The first kappa shape index (κ1) is 23.3. The average Bonchev–Trinajstić information content (AvgIpc) is 2.76. The Kier molecular flexibility index (Phi) is 9.19. The standard InChI is InChI=1S/C24H32N2O4/c1-5-18(4)19-10-12-20(13-11-19)30-16-23(27)25-26-24(28)21-8-6-7-9-22(21)29-15-14-17(2)3/h6-13,17-18H,5,14-16H2,1-4H3,(H,25,27)(H,26,28)/t18-/m1/s1. The molecule has 0 saturated heterocycles. The van der Waals surface area contributed by atoms with Gasteiger partial charge in [0.25, 0.3) is 11.8 Å². The van der Waals surface area contributed by atoms with Crippen LogP contribution in [0.3, 0.4) is 0 Å². The van der Waals surface area contributed by atoms with Crippen molar-refractivity contribution in [2.45, 2.75) is 46.5 Å². The maximum Gasteiger partial charge on any atom is 0.276 e. The van der Waals surface area contributed by atoms with Crippen LogP contribution in [0.4, 0.5) is 0 Å². The van der Waals surface area contributed by atoms with Gasteiger partial charge in [0.15, 0.2) is 6.61 Å². The third kappa shape index (κ3) is 7.43. The van der Waals surface area contributed by atoms with Crippen LogP contribution in [-0.4, -0.2) is 25.0 Å². The van der Waals surface area contributed by atoms with Crippen molar-refractivity contribution in [2.75, 3.05) is 13.2 Å². The molecule has 0 fully saturated rings. The lowest BCUT2D eigenvalue weighted by molar-refractivity contribution is -0.123. The molecule has 2 N–H and O–H groups in total. The van der Waals surface area contributed by atoms with Crippen LogP contribution in [-0.2, 0) is 4.79 Å². The van der Waals surface area contributed by atoms with Crippen molar-refractivity contribution < 1.29 is 19.1 Å². The van der Waals surface area contributed by atoms with E-state index >= 15 is 0 Å². The van der Waals surface area contributed by atoms with Crippen LogP contribution in [0, 0.1) is 5.92 Å². The second-order valence-electron chi connectivity index (χ2n) is 7.70. The highest BCUT2D eigenvalue weighted by Gasteiger charge is 2.13. The number of amides is 2. The van der Waals surface area contributed by atoms with E-state index in [1.54, 1.807) is 24.3 Å². The first-order valence-electron chi connectivity index (χ1n) is 10.4. The summed E-state index contributed by atoms with van der Waals surface area (Å²) in [5, 5.41) is 0. The van der Waals surface area contributed by atoms with E-state index in [1.807, 2.05) is 24.3 Å². The molecule has 2 rings (SSSR count). The monoisotopic (exact) mass is 412 g/mol. The van der Waals surface area contributed by atoms with Gasteiger partial charge in [0.1, 0.15) is 11.5 Å². The van der Waals surface area contributed by atoms with Crippen LogP contribution >= 0.6 is 0 Å². The second-order valence-corrected chi connectivity index (χ2v) is 7.70. The normalized spacial score (nSPS) is 11.6. The lowest BCUT2D eigenvalue weighted by Crippen LogP contribution is -2.43. The molecule has 0 radical (unpaired) electrons. The van der Waals surface area contributed by atoms with E-state index in [9.17, 15) is 9.59 Å². The summed E-state index contributed by atoms with van der Waals surface area (Å²) in [5.41, 5.74) is 6.38. The molecule has 2 amide bonds. The van der Waals surface area contributed by atoms with E-state index in [1.165, 1.54) is 5.56 Å². The Labute approximate surface area is 178 Å². The zero-order valence-electron chi connectivity index (χ0n) is 18.2. The summed E-state index contributed by atoms with van der Waals surface area (Å²) < 4.78 is 11.2. The number of para-hydroxylation sites is 1. The minimum Gasteiger partial charge on any atom is -0.493 e. The van der Waals surface area contributed by atoms with Crippen molar-refractivity contribution in [3.8, 4) is 11.5 Å². The summed E-state index contributed by atoms with van der Waals surface area (Å²) in [5.74, 6) is 1.19. The van der Waals surface area contributed by atoms with Gasteiger partial charge in [-0.05, 0) is 54.5 Å². The van der Waals surface area contributed by atoms with Crippen LogP contribution in [0.2, 0.25) is 0 Å². The SMILES string of the molecule is CC[C@@H](C)c1ccc(OCC(=O)NNC(=O)c2ccccc2OCCC(C)C)cc1. The van der Waals surface area contributed by atoms with Gasteiger partial charge in [-0.15, -0.1) is 0 Å². The number of carbonyl (C=O) groups excluding carboxylic acids is 2. The lowest BCUT2D eigenvalue weighted by atomic mass is 9.99. The first-order chi connectivity index (χ1) is 14.4. The van der Waals surface area contributed by atoms with E-state index in [-0.39, 0.29) is 6.61 Å². The molecule has 0 unspecified atom stereocenters. The molecule has 0 bridgehead atoms. The molecule has 0 heterocycles. The predicted molar refractivity (Wildman–Crippen MR) is 118 cm³/mol. The number of hydrazine groups is 1. The number of hydrogen-bond donors (Lipinski definition) is 2. The Balaban J connectivity index is 1.81. The number of rotatable bonds is 10. The maximum atomic E-state index is 12.4. The van der Waals surface area contributed by atoms with Crippen LogP contribution in [0.1, 0.15) is 62.4 Å². The van der Waals surface area contributed by atoms with E-state index in [2.05, 4.69) is 38.5 Å². The second kappa shape index (κ2) is 11.9. The number of benzene rings is 2. The number of ether oxygens (including phenoxy) is 2. The fraction of sp³-hybridized carbons (Fsp3) is 0.417. The van der Waals surface area contributed by atoms with Gasteiger partial charge in [0.2, 0.25) is 0 Å².